The van der Waals surface area contributed by atoms with Crippen molar-refractivity contribution in [2.24, 2.45) is 5.92 Å². The van der Waals surface area contributed by atoms with Crippen molar-refractivity contribution in [2.75, 3.05) is 0 Å². The first kappa shape index (κ1) is 30.8. The molecule has 9 nitrogen and oxygen atoms in total. The molecule has 0 saturated heterocycles. The number of phenols is 6. The Kier molecular flexibility index (Phi) is 7.16. The molecule has 1 aromatic heterocycles. The number of ether oxygens (including phenoxy) is 1. The third-order valence-corrected chi connectivity index (χ3v) is 9.27. The summed E-state index contributed by atoms with van der Waals surface area (Å²) >= 11 is 0. The van der Waals surface area contributed by atoms with E-state index in [1.165, 1.54) is 42.5 Å². The van der Waals surface area contributed by atoms with Gasteiger partial charge in [-0.3, -0.25) is 4.79 Å². The summed E-state index contributed by atoms with van der Waals surface area (Å²) in [4.78, 5) is 14.7. The summed E-state index contributed by atoms with van der Waals surface area (Å²) in [7, 11) is 0. The minimum absolute atomic E-state index is 0.0223. The predicted octanol–water partition coefficient (Wildman–Crippen LogP) is 8.23. The molecular weight excluding hydrogens is 612 g/mol. The molecule has 0 fully saturated rings. The maximum absolute atomic E-state index is 14.7. The molecule has 244 valence electrons. The van der Waals surface area contributed by atoms with Crippen LogP contribution in [0.15, 0.2) is 88.9 Å². The molecule has 0 bridgehead atoms. The van der Waals surface area contributed by atoms with Gasteiger partial charge in [-0.15, -0.1) is 0 Å². The predicted molar refractivity (Wildman–Crippen MR) is 180 cm³/mol. The second-order valence-electron chi connectivity index (χ2n) is 13.2. The number of hydrogen-bond donors (Lipinski definition) is 6. The molecule has 7 rings (SSSR count). The zero-order valence-corrected chi connectivity index (χ0v) is 26.4. The van der Waals surface area contributed by atoms with Crippen LogP contribution in [0.5, 0.6) is 40.2 Å². The molecule has 48 heavy (non-hydrogen) atoms. The Balaban J connectivity index is 1.37. The van der Waals surface area contributed by atoms with Gasteiger partial charge in [0.2, 0.25) is 0 Å². The summed E-state index contributed by atoms with van der Waals surface area (Å²) < 4.78 is 11.9. The monoisotopic (exact) mass is 646 g/mol. The van der Waals surface area contributed by atoms with Crippen molar-refractivity contribution < 1.29 is 44.6 Å². The molecule has 6 N–H and O–H groups in total. The van der Waals surface area contributed by atoms with Gasteiger partial charge in [0.05, 0.1) is 11.1 Å². The smallest absolute Gasteiger partial charge is 0.171 e. The molecule has 0 radical (unpaired) electrons. The summed E-state index contributed by atoms with van der Waals surface area (Å²) in [5.74, 6) is -3.45. The van der Waals surface area contributed by atoms with E-state index in [9.17, 15) is 35.4 Å². The number of carbonyl (C=O) groups is 1. The van der Waals surface area contributed by atoms with Crippen molar-refractivity contribution in [1.29, 1.82) is 0 Å². The number of furan rings is 1. The lowest BCUT2D eigenvalue weighted by molar-refractivity contribution is 0.0876. The van der Waals surface area contributed by atoms with E-state index >= 15 is 0 Å². The SMILES string of the molecule is CC1=CC(c2c(O)cc(-c3cc4ccc(O)cc4o3)cc2O)C(C(=O)c2ccc3c(c2O)C=CC(C)(C)O3)C(c2ccc(O)cc2O)C1. The van der Waals surface area contributed by atoms with Crippen molar-refractivity contribution >= 4 is 22.8 Å². The van der Waals surface area contributed by atoms with Crippen molar-refractivity contribution in [3.63, 3.8) is 0 Å². The van der Waals surface area contributed by atoms with Gasteiger partial charge in [-0.05, 0) is 93.4 Å². The van der Waals surface area contributed by atoms with Crippen molar-refractivity contribution in [3.8, 4) is 51.6 Å². The lowest BCUT2D eigenvalue weighted by Gasteiger charge is -2.37. The first-order chi connectivity index (χ1) is 22.8. The van der Waals surface area contributed by atoms with E-state index in [4.69, 9.17) is 9.15 Å². The molecule has 4 aromatic carbocycles. The number of rotatable bonds is 5. The number of hydrogen-bond acceptors (Lipinski definition) is 9. The molecular formula is C39H34O9. The minimum Gasteiger partial charge on any atom is -0.508 e. The van der Waals surface area contributed by atoms with Gasteiger partial charge in [-0.2, -0.15) is 0 Å². The maximum Gasteiger partial charge on any atom is 0.171 e. The Morgan fingerprint density at radius 1 is 0.833 bits per heavy atom. The quantitative estimate of drug-likeness (QED) is 0.0816. The van der Waals surface area contributed by atoms with Gasteiger partial charge in [0.15, 0.2) is 5.78 Å². The van der Waals surface area contributed by atoms with Gasteiger partial charge >= 0.3 is 0 Å². The fraction of sp³-hybridized carbons (Fsp3) is 0.205. The van der Waals surface area contributed by atoms with Crippen molar-refractivity contribution in [3.05, 3.63) is 107 Å². The molecule has 2 aliphatic rings. The highest BCUT2D eigenvalue weighted by molar-refractivity contribution is 6.03. The highest BCUT2D eigenvalue weighted by Gasteiger charge is 2.43. The summed E-state index contributed by atoms with van der Waals surface area (Å²) in [5, 5.41) is 66.1. The molecule has 3 atom stereocenters. The van der Waals surface area contributed by atoms with Crippen LogP contribution < -0.4 is 4.74 Å². The standard InChI is InChI=1S/C39H34O9/c1-19-12-27(24-7-6-22(40)17-29(24)42)35(38(46)26-8-9-32-25(37(26)45)10-11-39(2,3)48-32)28(13-19)36-30(43)14-21(15-31(36)44)33-16-20-4-5-23(41)18-34(20)47-33/h4-11,13-18,27-28,35,40-45H,12H2,1-3H3. The second-order valence-corrected chi connectivity index (χ2v) is 13.2. The first-order valence-electron chi connectivity index (χ1n) is 15.6. The molecule has 5 aromatic rings. The van der Waals surface area contributed by atoms with E-state index in [1.807, 2.05) is 26.8 Å². The van der Waals surface area contributed by atoms with Gasteiger partial charge in [-0.25, -0.2) is 0 Å². The molecule has 1 aliphatic heterocycles. The zero-order chi connectivity index (χ0) is 34.1. The Morgan fingerprint density at radius 3 is 2.27 bits per heavy atom. The maximum atomic E-state index is 14.7. The van der Waals surface area contributed by atoms with Crippen LogP contribution in [0.2, 0.25) is 0 Å². The van der Waals surface area contributed by atoms with Gasteiger partial charge < -0.3 is 39.8 Å². The Morgan fingerprint density at radius 2 is 1.54 bits per heavy atom. The largest absolute Gasteiger partial charge is 0.508 e. The fourth-order valence-electron chi connectivity index (χ4n) is 7.05. The third-order valence-electron chi connectivity index (χ3n) is 9.27. The number of Topliss-reactive ketones (excluding diaryl/α,β-unsaturated/α-hetero) is 1. The Labute approximate surface area is 275 Å². The Hall–Kier alpha value is -5.83. The van der Waals surface area contributed by atoms with Crippen LogP contribution in [0.4, 0.5) is 0 Å². The summed E-state index contributed by atoms with van der Waals surface area (Å²) in [6, 6.07) is 16.6. The van der Waals surface area contributed by atoms with Gasteiger partial charge in [-0.1, -0.05) is 17.7 Å². The van der Waals surface area contributed by atoms with Gasteiger partial charge in [0.25, 0.3) is 0 Å². The Bertz CT molecular complexity index is 2160. The number of ketones is 1. The van der Waals surface area contributed by atoms with E-state index in [-0.39, 0.29) is 45.6 Å². The second kappa shape index (κ2) is 11.2. The average molecular weight is 647 g/mol. The topological polar surface area (TPSA) is 161 Å². The van der Waals surface area contributed by atoms with Crippen LogP contribution >= 0.6 is 0 Å². The molecule has 0 amide bonds. The summed E-state index contributed by atoms with van der Waals surface area (Å²) in [5.41, 5.74) is 1.91. The molecule has 3 unspecified atom stereocenters. The number of carbonyl (C=O) groups excluding carboxylic acids is 1. The van der Waals surface area contributed by atoms with E-state index in [0.717, 1.165) is 5.57 Å². The first-order valence-corrected chi connectivity index (χ1v) is 15.6. The van der Waals surface area contributed by atoms with Gasteiger partial charge in [0, 0.05) is 46.4 Å². The normalized spacial score (nSPS) is 19.8. The van der Waals surface area contributed by atoms with E-state index in [0.29, 0.717) is 45.6 Å². The van der Waals surface area contributed by atoms with E-state index in [2.05, 4.69) is 0 Å². The lowest BCUT2D eigenvalue weighted by atomic mass is 9.65. The molecule has 0 spiro atoms. The number of benzene rings is 4. The van der Waals surface area contributed by atoms with Crippen LogP contribution in [0.3, 0.4) is 0 Å². The zero-order valence-electron chi connectivity index (χ0n) is 26.4. The summed E-state index contributed by atoms with van der Waals surface area (Å²) in [6.07, 6.45) is 5.67. The van der Waals surface area contributed by atoms with E-state index < -0.39 is 29.1 Å². The molecule has 9 heteroatoms. The highest BCUT2D eigenvalue weighted by Crippen LogP contribution is 2.54. The lowest BCUT2D eigenvalue weighted by Crippen LogP contribution is -2.32. The number of phenolic OH excluding ortho intramolecular Hbond substituents is 6. The van der Waals surface area contributed by atoms with Crippen LogP contribution in [0.1, 0.15) is 66.1 Å². The highest BCUT2D eigenvalue weighted by atomic mass is 16.5. The van der Waals surface area contributed by atoms with Crippen molar-refractivity contribution in [1.82, 2.24) is 0 Å². The van der Waals surface area contributed by atoms with Gasteiger partial charge in [0.1, 0.15) is 57.2 Å². The molecule has 1 aliphatic carbocycles. The molecule has 0 saturated carbocycles. The minimum atomic E-state index is -1.02. The van der Waals surface area contributed by atoms with Crippen molar-refractivity contribution in [2.45, 2.75) is 44.6 Å². The van der Waals surface area contributed by atoms with E-state index in [1.54, 1.807) is 36.4 Å². The fourth-order valence-corrected chi connectivity index (χ4v) is 7.05. The van der Waals surface area contributed by atoms with Crippen LogP contribution in [-0.2, 0) is 0 Å². The number of aromatic hydroxyl groups is 6. The summed E-state index contributed by atoms with van der Waals surface area (Å²) in [6.45, 7) is 5.62. The third kappa shape index (κ3) is 5.27. The number of fused-ring (bicyclic) bond motifs is 2. The number of allylic oxidation sites excluding steroid dienone is 2. The van der Waals surface area contributed by atoms with Crippen LogP contribution in [0.25, 0.3) is 28.4 Å². The average Bonchev–Trinajstić information content (AvgIpc) is 3.43. The van der Waals surface area contributed by atoms with Crippen LogP contribution in [-0.4, -0.2) is 42.0 Å². The van der Waals surface area contributed by atoms with Crippen LogP contribution in [0, 0.1) is 5.92 Å². The molecule has 2 heterocycles.